The number of hydrogen-bond acceptors (Lipinski definition) is 0. The zero-order chi connectivity index (χ0) is 22.6. The van der Waals surface area contributed by atoms with E-state index in [-0.39, 0.29) is 0 Å². The van der Waals surface area contributed by atoms with Crippen LogP contribution in [0.3, 0.4) is 0 Å². The molecule has 0 radical (unpaired) electrons. The third kappa shape index (κ3) is 20.7. The van der Waals surface area contributed by atoms with Gasteiger partial charge in [-0.1, -0.05) is 128 Å². The van der Waals surface area contributed by atoms with E-state index in [1.807, 2.05) is 27.7 Å². The molecule has 0 amide bonds. The van der Waals surface area contributed by atoms with Gasteiger partial charge < -0.3 is 0 Å². The Hall–Kier alpha value is 0. The van der Waals surface area contributed by atoms with Gasteiger partial charge in [-0.25, -0.2) is 0 Å². The summed E-state index contributed by atoms with van der Waals surface area (Å²) in [6.45, 7) is 26.6. The summed E-state index contributed by atoms with van der Waals surface area (Å²) in [5.74, 6) is 4.12. The second-order valence-corrected chi connectivity index (χ2v) is 9.99. The lowest BCUT2D eigenvalue weighted by molar-refractivity contribution is 0.186. The normalized spacial score (nSPS) is 25.7. The van der Waals surface area contributed by atoms with E-state index < -0.39 is 0 Å². The number of rotatable bonds is 5. The van der Waals surface area contributed by atoms with Crippen molar-refractivity contribution in [3.05, 3.63) is 0 Å². The second kappa shape index (κ2) is 21.7. The highest BCUT2D eigenvalue weighted by atomic mass is 14.3. The molecule has 0 unspecified atom stereocenters. The molecule has 2 saturated carbocycles. The molecule has 0 N–H and O–H groups in total. The predicted molar refractivity (Wildman–Crippen MR) is 135 cm³/mol. The molecule has 0 spiro atoms. The highest BCUT2D eigenvalue weighted by molar-refractivity contribution is 4.77. The largest absolute Gasteiger partial charge is 0.0683 e. The lowest BCUT2D eigenvalue weighted by Gasteiger charge is -2.33. The van der Waals surface area contributed by atoms with Crippen LogP contribution in [0.15, 0.2) is 0 Å². The topological polar surface area (TPSA) is 0 Å². The fourth-order valence-corrected chi connectivity index (χ4v) is 4.38. The molecule has 28 heavy (non-hydrogen) atoms. The minimum atomic E-state index is 0.598. The average molecular weight is 399 g/mol. The Bertz CT molecular complexity index is 258. The van der Waals surface area contributed by atoms with Crippen LogP contribution in [0.25, 0.3) is 0 Å². The summed E-state index contributed by atoms with van der Waals surface area (Å²) in [7, 11) is 0. The van der Waals surface area contributed by atoms with Gasteiger partial charge in [-0.15, -0.1) is 0 Å². The molecule has 0 aromatic rings. The summed E-state index contributed by atoms with van der Waals surface area (Å²) in [5, 5.41) is 0. The van der Waals surface area contributed by atoms with Crippen LogP contribution in [0.2, 0.25) is 0 Å². The van der Waals surface area contributed by atoms with Crippen LogP contribution in [0.4, 0.5) is 0 Å². The van der Waals surface area contributed by atoms with Crippen molar-refractivity contribution in [1.29, 1.82) is 0 Å². The summed E-state index contributed by atoms with van der Waals surface area (Å²) in [4.78, 5) is 0. The first-order valence-electron chi connectivity index (χ1n) is 13.2. The van der Waals surface area contributed by atoms with Gasteiger partial charge in [-0.05, 0) is 54.8 Å². The number of unbranched alkanes of at least 4 members (excludes halogenated alkanes) is 1. The van der Waals surface area contributed by atoms with Crippen molar-refractivity contribution in [2.24, 2.45) is 29.1 Å². The Morgan fingerprint density at radius 1 is 0.679 bits per heavy atom. The first-order valence-corrected chi connectivity index (χ1v) is 13.2. The van der Waals surface area contributed by atoms with Gasteiger partial charge in [0.25, 0.3) is 0 Å². The van der Waals surface area contributed by atoms with Crippen molar-refractivity contribution in [2.45, 2.75) is 154 Å². The van der Waals surface area contributed by atoms with Crippen molar-refractivity contribution in [3.63, 3.8) is 0 Å². The minimum Gasteiger partial charge on any atom is -0.0683 e. The lowest BCUT2D eigenvalue weighted by Crippen LogP contribution is -2.21. The standard InChI is InChI=1S/C15H30.C6H12.C3H8.2C2H6/c1-5-6-11-15(3,4)12-14-9-7-13(2)8-10-14;1-5-3-6(2)4-5;1-3-2;2*1-2/h13-14H,5-12H2,1-4H3;5-6H,3-4H2,1-2H3;3H2,1-2H3;2*1-2H3. The van der Waals surface area contributed by atoms with Gasteiger partial charge in [0.2, 0.25) is 0 Å². The fourth-order valence-electron chi connectivity index (χ4n) is 4.38. The fraction of sp³-hybridized carbons (Fsp3) is 1.00. The summed E-state index contributed by atoms with van der Waals surface area (Å²) in [6, 6.07) is 0. The SMILES string of the molecule is CC.CC.CC1CC(C)C1.CCC.CCCCC(C)(C)CC1CCC(C)CC1. The maximum atomic E-state index is 2.47. The molecular weight excluding hydrogens is 336 g/mol. The summed E-state index contributed by atoms with van der Waals surface area (Å²) in [6.07, 6.45) is 15.8. The molecule has 2 aliphatic carbocycles. The van der Waals surface area contributed by atoms with Crippen LogP contribution < -0.4 is 0 Å². The maximum absolute atomic E-state index is 2.47. The molecule has 0 saturated heterocycles. The van der Waals surface area contributed by atoms with Crippen molar-refractivity contribution in [2.75, 3.05) is 0 Å². The van der Waals surface area contributed by atoms with E-state index in [0.29, 0.717) is 5.41 Å². The zero-order valence-electron chi connectivity index (χ0n) is 22.6. The maximum Gasteiger partial charge on any atom is -0.0352 e. The molecule has 174 valence electrons. The van der Waals surface area contributed by atoms with E-state index in [9.17, 15) is 0 Å². The van der Waals surface area contributed by atoms with Crippen molar-refractivity contribution in [1.82, 2.24) is 0 Å². The van der Waals surface area contributed by atoms with Gasteiger partial charge in [0, 0.05) is 0 Å². The summed E-state index contributed by atoms with van der Waals surface area (Å²) >= 11 is 0. The van der Waals surface area contributed by atoms with E-state index in [2.05, 4.69) is 55.4 Å². The van der Waals surface area contributed by atoms with Crippen molar-refractivity contribution in [3.8, 4) is 0 Å². The second-order valence-electron chi connectivity index (χ2n) is 9.99. The zero-order valence-corrected chi connectivity index (χ0v) is 22.6. The van der Waals surface area contributed by atoms with Gasteiger partial charge in [-0.3, -0.25) is 0 Å². The molecular formula is C28H62. The third-order valence-electron chi connectivity index (χ3n) is 5.79. The van der Waals surface area contributed by atoms with Gasteiger partial charge in [-0.2, -0.15) is 0 Å². The minimum absolute atomic E-state index is 0.598. The van der Waals surface area contributed by atoms with E-state index >= 15 is 0 Å². The Kier molecular flexibility index (Phi) is 25.3. The van der Waals surface area contributed by atoms with Crippen molar-refractivity contribution >= 4 is 0 Å². The van der Waals surface area contributed by atoms with E-state index in [0.717, 1.165) is 23.7 Å². The first kappa shape index (κ1) is 32.7. The van der Waals surface area contributed by atoms with Gasteiger partial charge in [0.1, 0.15) is 0 Å². The Morgan fingerprint density at radius 2 is 1.07 bits per heavy atom. The van der Waals surface area contributed by atoms with Gasteiger partial charge in [0.15, 0.2) is 0 Å². The Balaban J connectivity index is -0.000000396. The number of hydrogen-bond donors (Lipinski definition) is 0. The molecule has 0 atom stereocenters. The van der Waals surface area contributed by atoms with Crippen LogP contribution in [-0.2, 0) is 0 Å². The monoisotopic (exact) mass is 398 g/mol. The first-order chi connectivity index (χ1) is 13.2. The highest BCUT2D eigenvalue weighted by Gasteiger charge is 2.25. The highest BCUT2D eigenvalue weighted by Crippen LogP contribution is 2.38. The quantitative estimate of drug-likeness (QED) is 0.432. The lowest BCUT2D eigenvalue weighted by atomic mass is 9.72. The molecule has 2 aliphatic rings. The summed E-state index contributed by atoms with van der Waals surface area (Å²) < 4.78 is 0. The summed E-state index contributed by atoms with van der Waals surface area (Å²) in [5.41, 5.74) is 0.598. The molecule has 0 bridgehead atoms. The van der Waals surface area contributed by atoms with Gasteiger partial charge in [0.05, 0.1) is 0 Å². The van der Waals surface area contributed by atoms with E-state index in [1.165, 1.54) is 70.6 Å². The van der Waals surface area contributed by atoms with Crippen LogP contribution in [0, 0.1) is 29.1 Å². The average Bonchev–Trinajstić information content (AvgIpc) is 2.65. The van der Waals surface area contributed by atoms with Crippen LogP contribution in [0.5, 0.6) is 0 Å². The molecule has 2 rings (SSSR count). The third-order valence-corrected chi connectivity index (χ3v) is 5.79. The van der Waals surface area contributed by atoms with Crippen LogP contribution in [-0.4, -0.2) is 0 Å². The molecule has 2 fully saturated rings. The molecule has 0 aliphatic heterocycles. The van der Waals surface area contributed by atoms with Crippen LogP contribution >= 0.6 is 0 Å². The van der Waals surface area contributed by atoms with Crippen molar-refractivity contribution < 1.29 is 0 Å². The van der Waals surface area contributed by atoms with Gasteiger partial charge >= 0.3 is 0 Å². The Morgan fingerprint density at radius 3 is 1.36 bits per heavy atom. The van der Waals surface area contributed by atoms with E-state index in [1.54, 1.807) is 0 Å². The van der Waals surface area contributed by atoms with E-state index in [4.69, 9.17) is 0 Å². The molecule has 0 aromatic carbocycles. The smallest absolute Gasteiger partial charge is 0.0352 e. The predicted octanol–water partition coefficient (Wildman–Crippen LogP) is 10.9. The molecule has 0 heterocycles. The molecule has 0 nitrogen and oxygen atoms in total. The Labute approximate surface area is 183 Å². The molecule has 0 heteroatoms. The van der Waals surface area contributed by atoms with Crippen LogP contribution in [0.1, 0.15) is 154 Å². The molecule has 0 aromatic heterocycles.